The number of carbonyl (C=O) groups is 1. The van der Waals surface area contributed by atoms with Crippen LogP contribution in [0.1, 0.15) is 38.8 Å². The second-order valence-corrected chi connectivity index (χ2v) is 6.52. The summed E-state index contributed by atoms with van der Waals surface area (Å²) < 4.78 is 12.3. The van der Waals surface area contributed by atoms with Crippen LogP contribution < -0.4 is 11.2 Å². The Bertz CT molecular complexity index is 670. The Morgan fingerprint density at radius 2 is 2.30 bits per heavy atom. The first-order chi connectivity index (χ1) is 10.9. The Morgan fingerprint density at radius 1 is 1.57 bits per heavy atom. The van der Waals surface area contributed by atoms with Gasteiger partial charge >= 0.3 is 11.7 Å². The maximum Gasteiger partial charge on any atom is 0.330 e. The molecule has 0 aromatic carbocycles. The summed E-state index contributed by atoms with van der Waals surface area (Å²) in [5.41, 5.74) is -1.07. The van der Waals surface area contributed by atoms with E-state index in [0.717, 1.165) is 12.8 Å². The number of hydrogen-bond donors (Lipinski definition) is 2. The van der Waals surface area contributed by atoms with Gasteiger partial charge < -0.3 is 14.6 Å². The summed E-state index contributed by atoms with van der Waals surface area (Å²) in [5.74, 6) is -0.332. The lowest BCUT2D eigenvalue weighted by Crippen LogP contribution is -2.33. The van der Waals surface area contributed by atoms with Crippen molar-refractivity contribution >= 4 is 28.6 Å². The number of aliphatic hydroxyl groups excluding tert-OH is 1. The molecule has 2 rings (SSSR count). The van der Waals surface area contributed by atoms with Gasteiger partial charge in [0.05, 0.1) is 9.67 Å². The molecule has 0 bridgehead atoms. The molecule has 0 unspecified atom stereocenters. The lowest BCUT2D eigenvalue weighted by molar-refractivity contribution is -0.150. The fourth-order valence-electron chi connectivity index (χ4n) is 2.28. The van der Waals surface area contributed by atoms with Crippen molar-refractivity contribution in [3.8, 4) is 0 Å². The van der Waals surface area contributed by atoms with Crippen LogP contribution in [-0.4, -0.2) is 39.4 Å². The van der Waals surface area contributed by atoms with Gasteiger partial charge in [-0.2, -0.15) is 0 Å². The highest BCUT2D eigenvalue weighted by Gasteiger charge is 2.36. The highest BCUT2D eigenvalue weighted by Crippen LogP contribution is 2.28. The first kappa shape index (κ1) is 18.1. The maximum atomic E-state index is 11.8. The lowest BCUT2D eigenvalue weighted by Gasteiger charge is -2.16. The van der Waals surface area contributed by atoms with E-state index in [1.807, 2.05) is 29.5 Å². The fraction of sp³-hybridized carbons (Fsp3) is 0.643. The van der Waals surface area contributed by atoms with E-state index >= 15 is 0 Å². The van der Waals surface area contributed by atoms with Crippen LogP contribution in [0.5, 0.6) is 0 Å². The summed E-state index contributed by atoms with van der Waals surface area (Å²) in [6, 6.07) is 0. The Kier molecular flexibility index (Phi) is 6.36. The SMILES string of the molecule is CCCCC(=O)OC[C@H]1O[C@@H](n2cc(I)c(=O)[nH]c2=O)C[C@@H]1O. The number of aliphatic hydroxyl groups is 1. The van der Waals surface area contributed by atoms with Crippen molar-refractivity contribution in [2.45, 2.75) is 51.0 Å². The summed E-state index contributed by atoms with van der Waals surface area (Å²) in [4.78, 5) is 36.9. The molecule has 1 aromatic rings. The van der Waals surface area contributed by atoms with Crippen LogP contribution in [0, 0.1) is 3.57 Å². The van der Waals surface area contributed by atoms with Gasteiger partial charge in [0.1, 0.15) is 18.9 Å². The predicted molar refractivity (Wildman–Crippen MR) is 89.1 cm³/mol. The second kappa shape index (κ2) is 8.06. The number of hydrogen-bond acceptors (Lipinski definition) is 6. The minimum Gasteiger partial charge on any atom is -0.463 e. The highest BCUT2D eigenvalue weighted by molar-refractivity contribution is 14.1. The number of ether oxygens (including phenoxy) is 2. The van der Waals surface area contributed by atoms with E-state index in [1.165, 1.54) is 10.8 Å². The van der Waals surface area contributed by atoms with Crippen molar-refractivity contribution in [1.82, 2.24) is 9.55 Å². The molecule has 0 aliphatic carbocycles. The lowest BCUT2D eigenvalue weighted by atomic mass is 10.2. The van der Waals surface area contributed by atoms with Crippen LogP contribution in [0.25, 0.3) is 0 Å². The zero-order valence-electron chi connectivity index (χ0n) is 12.7. The molecule has 1 aliphatic rings. The van der Waals surface area contributed by atoms with Gasteiger partial charge in [0, 0.05) is 19.0 Å². The van der Waals surface area contributed by atoms with Gasteiger partial charge in [0.25, 0.3) is 5.56 Å². The predicted octanol–water partition coefficient (Wildman–Crippen LogP) is 0.523. The van der Waals surface area contributed by atoms with Gasteiger partial charge in [0.15, 0.2) is 0 Å². The molecule has 0 amide bonds. The average Bonchev–Trinajstić information content (AvgIpc) is 2.87. The molecule has 8 nitrogen and oxygen atoms in total. The molecule has 2 heterocycles. The van der Waals surface area contributed by atoms with E-state index in [4.69, 9.17) is 9.47 Å². The first-order valence-electron chi connectivity index (χ1n) is 7.42. The molecular formula is C14H19IN2O6. The molecule has 3 atom stereocenters. The van der Waals surface area contributed by atoms with Crippen molar-refractivity contribution in [2.24, 2.45) is 0 Å². The van der Waals surface area contributed by atoms with Crippen molar-refractivity contribution in [3.63, 3.8) is 0 Å². The van der Waals surface area contributed by atoms with Crippen molar-refractivity contribution < 1.29 is 19.4 Å². The molecule has 1 aliphatic heterocycles. The van der Waals surface area contributed by atoms with E-state index in [2.05, 4.69) is 4.98 Å². The molecule has 2 N–H and O–H groups in total. The van der Waals surface area contributed by atoms with Crippen molar-refractivity contribution in [3.05, 3.63) is 30.6 Å². The van der Waals surface area contributed by atoms with Gasteiger partial charge in [-0.05, 0) is 29.0 Å². The van der Waals surface area contributed by atoms with Gasteiger partial charge in [-0.25, -0.2) is 4.79 Å². The Labute approximate surface area is 145 Å². The van der Waals surface area contributed by atoms with Gasteiger partial charge in [-0.15, -0.1) is 0 Å². The highest BCUT2D eigenvalue weighted by atomic mass is 127. The molecule has 9 heteroatoms. The number of nitrogens with zero attached hydrogens (tertiary/aromatic N) is 1. The quantitative estimate of drug-likeness (QED) is 0.495. The molecule has 0 saturated carbocycles. The summed E-state index contributed by atoms with van der Waals surface area (Å²) in [7, 11) is 0. The van der Waals surface area contributed by atoms with Crippen molar-refractivity contribution in [2.75, 3.05) is 6.61 Å². The van der Waals surface area contributed by atoms with E-state index in [-0.39, 0.29) is 19.0 Å². The zero-order valence-corrected chi connectivity index (χ0v) is 14.8. The largest absolute Gasteiger partial charge is 0.463 e. The number of H-pyrrole nitrogens is 1. The summed E-state index contributed by atoms with van der Waals surface area (Å²) in [6.07, 6.45) is 1.29. The smallest absolute Gasteiger partial charge is 0.330 e. The number of aromatic nitrogens is 2. The van der Waals surface area contributed by atoms with E-state index in [0.29, 0.717) is 9.99 Å². The van der Waals surface area contributed by atoms with Crippen molar-refractivity contribution in [1.29, 1.82) is 0 Å². The second-order valence-electron chi connectivity index (χ2n) is 5.36. The minimum atomic E-state index is -0.851. The Balaban J connectivity index is 1.98. The molecular weight excluding hydrogens is 419 g/mol. The van der Waals surface area contributed by atoms with E-state index in [1.54, 1.807) is 0 Å². The normalized spacial score (nSPS) is 23.9. The standard InChI is InChI=1S/C14H19IN2O6/c1-2-3-4-12(19)22-7-10-9(18)5-11(23-10)17-6-8(15)13(20)16-14(17)21/h6,9-11,18H,2-5,7H2,1H3,(H,16,20,21)/t9-,10+,11+/m0/s1. The molecule has 23 heavy (non-hydrogen) atoms. The van der Waals surface area contributed by atoms with Crippen LogP contribution in [0.15, 0.2) is 15.8 Å². The number of esters is 1. The van der Waals surface area contributed by atoms with Crippen LogP contribution in [0.4, 0.5) is 0 Å². The van der Waals surface area contributed by atoms with Crippen LogP contribution in [-0.2, 0) is 14.3 Å². The third kappa shape index (κ3) is 4.64. The minimum absolute atomic E-state index is 0.0601. The number of unbranched alkanes of at least 4 members (excludes halogenated alkanes) is 1. The number of nitrogens with one attached hydrogen (secondary N) is 1. The Morgan fingerprint density at radius 3 is 3.00 bits per heavy atom. The van der Waals surface area contributed by atoms with Crippen LogP contribution >= 0.6 is 22.6 Å². The zero-order chi connectivity index (χ0) is 17.0. The van der Waals surface area contributed by atoms with Gasteiger partial charge in [-0.1, -0.05) is 13.3 Å². The molecule has 1 fully saturated rings. The van der Waals surface area contributed by atoms with Crippen LogP contribution in [0.3, 0.4) is 0 Å². The number of halogens is 1. The first-order valence-corrected chi connectivity index (χ1v) is 8.50. The van der Waals surface area contributed by atoms with Gasteiger partial charge in [0.2, 0.25) is 0 Å². The topological polar surface area (TPSA) is 111 Å². The maximum absolute atomic E-state index is 11.8. The average molecular weight is 438 g/mol. The van der Waals surface area contributed by atoms with E-state index < -0.39 is 29.7 Å². The van der Waals surface area contributed by atoms with E-state index in [9.17, 15) is 19.5 Å². The molecule has 1 saturated heterocycles. The van der Waals surface area contributed by atoms with Gasteiger partial charge in [-0.3, -0.25) is 19.1 Å². The monoisotopic (exact) mass is 438 g/mol. The molecule has 128 valence electrons. The molecule has 0 spiro atoms. The fourth-order valence-corrected chi connectivity index (χ4v) is 2.71. The Hall–Kier alpha value is -1.20. The summed E-state index contributed by atoms with van der Waals surface area (Å²) in [5, 5.41) is 10.0. The number of rotatable bonds is 6. The third-order valence-electron chi connectivity index (χ3n) is 3.58. The third-order valence-corrected chi connectivity index (χ3v) is 4.35. The summed E-state index contributed by atoms with van der Waals surface area (Å²) >= 11 is 1.81. The molecule has 1 aromatic heterocycles. The van der Waals surface area contributed by atoms with Crippen LogP contribution in [0.2, 0.25) is 0 Å². The number of carbonyl (C=O) groups excluding carboxylic acids is 1. The number of aromatic amines is 1. The molecule has 0 radical (unpaired) electrons. The summed E-state index contributed by atoms with van der Waals surface area (Å²) in [6.45, 7) is 1.92.